The third-order valence-electron chi connectivity index (χ3n) is 4.59. The molecule has 2 aromatic heterocycles. The monoisotopic (exact) mass is 355 g/mol. The number of nitrogens with one attached hydrogen (secondary N) is 1. The molecule has 1 saturated heterocycles. The van der Waals surface area contributed by atoms with Gasteiger partial charge in [-0.2, -0.15) is 5.10 Å². The van der Waals surface area contributed by atoms with E-state index in [1.165, 1.54) is 4.70 Å². The van der Waals surface area contributed by atoms with E-state index in [0.29, 0.717) is 5.69 Å². The number of thiazole rings is 1. The molecular formula is C18H21N5OS. The number of amides is 1. The van der Waals surface area contributed by atoms with Gasteiger partial charge in [-0.15, -0.1) is 11.3 Å². The van der Waals surface area contributed by atoms with E-state index in [1.54, 1.807) is 11.3 Å². The molecule has 0 saturated carbocycles. The van der Waals surface area contributed by atoms with Crippen LogP contribution in [0.5, 0.6) is 0 Å². The number of rotatable bonds is 4. The second-order valence-electron chi connectivity index (χ2n) is 6.28. The van der Waals surface area contributed by atoms with Gasteiger partial charge < -0.3 is 4.90 Å². The average Bonchev–Trinajstić information content (AvgIpc) is 3.28. The molecule has 0 unspecified atom stereocenters. The molecule has 1 N–H and O–H groups in total. The van der Waals surface area contributed by atoms with E-state index in [-0.39, 0.29) is 5.91 Å². The normalized spacial score (nSPS) is 15.8. The van der Waals surface area contributed by atoms with Gasteiger partial charge in [-0.25, -0.2) is 4.98 Å². The molecule has 1 aliphatic rings. The van der Waals surface area contributed by atoms with Crippen molar-refractivity contribution in [2.24, 2.45) is 0 Å². The first-order valence-electron chi connectivity index (χ1n) is 8.63. The van der Waals surface area contributed by atoms with Crippen LogP contribution in [0.1, 0.15) is 28.1 Å². The number of aromatic nitrogens is 3. The summed E-state index contributed by atoms with van der Waals surface area (Å²) in [5.41, 5.74) is 2.59. The van der Waals surface area contributed by atoms with E-state index >= 15 is 0 Å². The Bertz CT molecular complexity index is 845. The molecule has 0 atom stereocenters. The van der Waals surface area contributed by atoms with Gasteiger partial charge in [-0.1, -0.05) is 19.1 Å². The third kappa shape index (κ3) is 3.43. The Morgan fingerprint density at radius 3 is 2.76 bits per heavy atom. The van der Waals surface area contributed by atoms with Crippen molar-refractivity contribution in [3.8, 4) is 0 Å². The summed E-state index contributed by atoms with van der Waals surface area (Å²) in [4.78, 5) is 21.5. The zero-order valence-electron chi connectivity index (χ0n) is 14.2. The molecule has 4 rings (SSSR count). The zero-order valence-corrected chi connectivity index (χ0v) is 15.1. The molecule has 1 amide bonds. The quantitative estimate of drug-likeness (QED) is 0.781. The summed E-state index contributed by atoms with van der Waals surface area (Å²) < 4.78 is 1.23. The first kappa shape index (κ1) is 16.2. The van der Waals surface area contributed by atoms with Gasteiger partial charge >= 0.3 is 0 Å². The van der Waals surface area contributed by atoms with Crippen molar-refractivity contribution >= 4 is 27.5 Å². The average molecular weight is 355 g/mol. The van der Waals surface area contributed by atoms with Crippen LogP contribution in [0, 0.1) is 0 Å². The van der Waals surface area contributed by atoms with Crippen LogP contribution in [0.4, 0.5) is 0 Å². The van der Waals surface area contributed by atoms with Gasteiger partial charge in [0, 0.05) is 31.9 Å². The van der Waals surface area contributed by atoms with Crippen molar-refractivity contribution in [2.45, 2.75) is 19.9 Å². The van der Waals surface area contributed by atoms with Crippen LogP contribution >= 0.6 is 11.3 Å². The molecule has 1 aromatic carbocycles. The number of aromatic amines is 1. The minimum atomic E-state index is 0.0237. The minimum Gasteiger partial charge on any atom is -0.335 e. The molecular weight excluding hydrogens is 334 g/mol. The maximum atomic E-state index is 12.5. The van der Waals surface area contributed by atoms with Gasteiger partial charge in [-0.3, -0.25) is 14.8 Å². The Labute approximate surface area is 150 Å². The van der Waals surface area contributed by atoms with Crippen LogP contribution in [0.25, 0.3) is 10.2 Å². The first-order chi connectivity index (χ1) is 12.2. The lowest BCUT2D eigenvalue weighted by atomic mass is 10.2. The fraction of sp³-hybridized carbons (Fsp3) is 0.389. The highest BCUT2D eigenvalue weighted by Crippen LogP contribution is 2.23. The summed E-state index contributed by atoms with van der Waals surface area (Å²) in [5, 5.41) is 8.19. The standard InChI is InChI=1S/C18H21N5OS/c1-2-13-11-15(21-20-13)18(24)23-9-7-22(8-10-23)12-17-19-14-5-3-4-6-16(14)25-17/h3-6,11H,2,7-10,12H2,1H3,(H,20,21). The van der Waals surface area contributed by atoms with Gasteiger partial charge in [0.2, 0.25) is 0 Å². The Balaban J connectivity index is 1.35. The van der Waals surface area contributed by atoms with Gasteiger partial charge in [-0.05, 0) is 24.6 Å². The lowest BCUT2D eigenvalue weighted by Gasteiger charge is -2.33. The first-order valence-corrected chi connectivity index (χ1v) is 9.45. The molecule has 1 aliphatic heterocycles. The van der Waals surface area contributed by atoms with Crippen molar-refractivity contribution < 1.29 is 4.79 Å². The van der Waals surface area contributed by atoms with E-state index in [4.69, 9.17) is 4.98 Å². The second-order valence-corrected chi connectivity index (χ2v) is 7.39. The minimum absolute atomic E-state index is 0.0237. The van der Waals surface area contributed by atoms with Crippen LogP contribution < -0.4 is 0 Å². The predicted molar refractivity (Wildman–Crippen MR) is 98.8 cm³/mol. The Hall–Kier alpha value is -2.25. The molecule has 0 aliphatic carbocycles. The Morgan fingerprint density at radius 1 is 1.24 bits per heavy atom. The summed E-state index contributed by atoms with van der Waals surface area (Å²) in [6, 6.07) is 10.1. The van der Waals surface area contributed by atoms with Crippen LogP contribution in [0.3, 0.4) is 0 Å². The Kier molecular flexibility index (Phi) is 4.50. The number of piperazine rings is 1. The van der Waals surface area contributed by atoms with Crippen LogP contribution in [-0.4, -0.2) is 57.1 Å². The molecule has 7 heteroatoms. The number of H-pyrrole nitrogens is 1. The van der Waals surface area contributed by atoms with Crippen LogP contribution in [-0.2, 0) is 13.0 Å². The van der Waals surface area contributed by atoms with Gasteiger partial charge in [0.15, 0.2) is 0 Å². The predicted octanol–water partition coefficient (Wildman–Crippen LogP) is 2.54. The van der Waals surface area contributed by atoms with Crippen molar-refractivity contribution in [2.75, 3.05) is 26.2 Å². The molecule has 0 radical (unpaired) electrons. The van der Waals surface area contributed by atoms with Crippen molar-refractivity contribution in [3.63, 3.8) is 0 Å². The van der Waals surface area contributed by atoms with Gasteiger partial charge in [0.05, 0.1) is 16.8 Å². The fourth-order valence-electron chi connectivity index (χ4n) is 3.10. The third-order valence-corrected chi connectivity index (χ3v) is 5.61. The number of fused-ring (bicyclic) bond motifs is 1. The van der Waals surface area contributed by atoms with Crippen LogP contribution in [0.15, 0.2) is 30.3 Å². The van der Waals surface area contributed by atoms with E-state index in [2.05, 4.69) is 27.2 Å². The highest BCUT2D eigenvalue weighted by molar-refractivity contribution is 7.18. The number of para-hydroxylation sites is 1. The maximum Gasteiger partial charge on any atom is 0.274 e. The smallest absolute Gasteiger partial charge is 0.274 e. The summed E-state index contributed by atoms with van der Waals surface area (Å²) in [6.45, 7) is 6.10. The summed E-state index contributed by atoms with van der Waals surface area (Å²) in [7, 11) is 0. The van der Waals surface area contributed by atoms with Crippen LogP contribution in [0.2, 0.25) is 0 Å². The fourth-order valence-corrected chi connectivity index (χ4v) is 4.11. The second kappa shape index (κ2) is 6.93. The molecule has 1 fully saturated rings. The molecule has 0 bridgehead atoms. The van der Waals surface area contributed by atoms with Crippen molar-refractivity contribution in [1.82, 2.24) is 25.0 Å². The highest BCUT2D eigenvalue weighted by Gasteiger charge is 2.24. The maximum absolute atomic E-state index is 12.5. The Morgan fingerprint density at radius 2 is 2.04 bits per heavy atom. The molecule has 130 valence electrons. The molecule has 0 spiro atoms. The van der Waals surface area contributed by atoms with E-state index in [9.17, 15) is 4.79 Å². The lowest BCUT2D eigenvalue weighted by Crippen LogP contribution is -2.48. The number of carbonyl (C=O) groups is 1. The topological polar surface area (TPSA) is 65.1 Å². The highest BCUT2D eigenvalue weighted by atomic mass is 32.1. The number of nitrogens with zero attached hydrogens (tertiary/aromatic N) is 4. The van der Waals surface area contributed by atoms with Gasteiger partial charge in [0.25, 0.3) is 5.91 Å². The van der Waals surface area contributed by atoms with E-state index in [0.717, 1.165) is 55.4 Å². The zero-order chi connectivity index (χ0) is 17.2. The van der Waals surface area contributed by atoms with Crippen molar-refractivity contribution in [3.05, 3.63) is 46.7 Å². The van der Waals surface area contributed by atoms with Crippen molar-refractivity contribution in [1.29, 1.82) is 0 Å². The number of hydrogen-bond acceptors (Lipinski definition) is 5. The molecule has 6 nitrogen and oxygen atoms in total. The number of hydrogen-bond donors (Lipinski definition) is 1. The van der Waals surface area contributed by atoms with E-state index in [1.807, 2.05) is 30.0 Å². The number of benzene rings is 1. The SMILES string of the molecule is CCc1cc(C(=O)N2CCN(Cc3nc4ccccc4s3)CC2)n[nH]1. The largest absolute Gasteiger partial charge is 0.335 e. The lowest BCUT2D eigenvalue weighted by molar-refractivity contribution is 0.0622. The number of carbonyl (C=O) groups excluding carboxylic acids is 1. The van der Waals surface area contributed by atoms with E-state index < -0.39 is 0 Å². The number of aryl methyl sites for hydroxylation is 1. The van der Waals surface area contributed by atoms with Gasteiger partial charge in [0.1, 0.15) is 10.7 Å². The summed E-state index contributed by atoms with van der Waals surface area (Å²) in [5.74, 6) is 0.0237. The molecule has 25 heavy (non-hydrogen) atoms. The molecule has 3 aromatic rings. The summed E-state index contributed by atoms with van der Waals surface area (Å²) in [6.07, 6.45) is 0.857. The summed E-state index contributed by atoms with van der Waals surface area (Å²) >= 11 is 1.75. The molecule has 3 heterocycles.